The van der Waals surface area contributed by atoms with Gasteiger partial charge in [-0.1, -0.05) is 32.1 Å². The highest BCUT2D eigenvalue weighted by atomic mass is 19.1. The molecule has 140 valence electrons. The first-order chi connectivity index (χ1) is 12.6. The van der Waals surface area contributed by atoms with E-state index in [-0.39, 0.29) is 30.1 Å². The smallest absolute Gasteiger partial charge is 0.292 e. The number of anilines is 1. The van der Waals surface area contributed by atoms with E-state index in [0.717, 1.165) is 24.9 Å². The Morgan fingerprint density at radius 3 is 2.15 bits per heavy atom. The zero-order valence-electron chi connectivity index (χ0n) is 15.3. The van der Waals surface area contributed by atoms with E-state index in [4.69, 9.17) is 0 Å². The molecule has 5 heteroatoms. The number of nitrogens with one attached hydrogen (secondary N) is 1. The molecule has 1 atom stereocenters. The van der Waals surface area contributed by atoms with Crippen LogP contribution in [0.5, 0.6) is 0 Å². The summed E-state index contributed by atoms with van der Waals surface area (Å²) in [6.45, 7) is 1.98. The van der Waals surface area contributed by atoms with Gasteiger partial charge in [-0.3, -0.25) is 9.59 Å². The van der Waals surface area contributed by atoms with Crippen molar-refractivity contribution in [1.82, 2.24) is 0 Å². The van der Waals surface area contributed by atoms with Gasteiger partial charge in [0, 0.05) is 0 Å². The third-order valence-corrected chi connectivity index (χ3v) is 6.71. The van der Waals surface area contributed by atoms with Crippen molar-refractivity contribution in [3.05, 3.63) is 30.1 Å². The molecule has 1 aromatic carbocycles. The molecule has 2 heterocycles. The van der Waals surface area contributed by atoms with E-state index in [1.807, 2.05) is 0 Å². The van der Waals surface area contributed by atoms with Crippen molar-refractivity contribution < 1.29 is 18.9 Å². The van der Waals surface area contributed by atoms with Gasteiger partial charge in [0.2, 0.25) is 5.91 Å². The van der Waals surface area contributed by atoms with Gasteiger partial charge < -0.3 is 4.90 Å². The molecule has 2 saturated heterocycles. The van der Waals surface area contributed by atoms with E-state index in [1.54, 1.807) is 0 Å². The van der Waals surface area contributed by atoms with Gasteiger partial charge in [-0.2, -0.15) is 0 Å². The number of hydrogen-bond donors (Lipinski definition) is 1. The first kappa shape index (κ1) is 17.7. The second-order valence-corrected chi connectivity index (χ2v) is 8.19. The van der Waals surface area contributed by atoms with E-state index >= 15 is 0 Å². The summed E-state index contributed by atoms with van der Waals surface area (Å²) >= 11 is 0. The molecule has 0 radical (unpaired) electrons. The lowest BCUT2D eigenvalue weighted by molar-refractivity contribution is -0.921. The van der Waals surface area contributed by atoms with Gasteiger partial charge in [0.25, 0.3) is 5.91 Å². The van der Waals surface area contributed by atoms with Crippen molar-refractivity contribution in [2.45, 2.75) is 57.4 Å². The Labute approximate surface area is 154 Å². The van der Waals surface area contributed by atoms with E-state index in [2.05, 4.69) is 0 Å². The molecule has 0 aromatic heterocycles. The number of rotatable bonds is 3. The molecule has 4 nitrogen and oxygen atoms in total. The number of likely N-dealkylation sites (tertiary alicyclic amines) is 1. The van der Waals surface area contributed by atoms with Crippen molar-refractivity contribution in [2.75, 3.05) is 18.0 Å². The third kappa shape index (κ3) is 3.41. The lowest BCUT2D eigenvalue weighted by atomic mass is 9.75. The van der Waals surface area contributed by atoms with Crippen LogP contribution in [0.15, 0.2) is 24.3 Å². The minimum absolute atomic E-state index is 0.118. The molecule has 1 saturated carbocycles. The average Bonchev–Trinajstić information content (AvgIpc) is 2.98. The Morgan fingerprint density at radius 1 is 0.885 bits per heavy atom. The molecule has 4 rings (SSSR count). The molecule has 0 spiro atoms. The largest absolute Gasteiger partial charge is 0.324 e. The minimum atomic E-state index is -0.361. The predicted octanol–water partition coefficient (Wildman–Crippen LogP) is 2.33. The van der Waals surface area contributed by atoms with Gasteiger partial charge >= 0.3 is 0 Å². The Kier molecular flexibility index (Phi) is 5.07. The molecule has 1 N–H and O–H groups in total. The highest BCUT2D eigenvalue weighted by Gasteiger charge is 2.46. The lowest BCUT2D eigenvalue weighted by Crippen LogP contribution is -3.17. The zero-order chi connectivity index (χ0) is 18.1. The SMILES string of the molecule is O=C1C[C@H]([NH+]2CCC(C3CCCCC3)CC2)C(=O)N1c1ccc(F)cc1. The van der Waals surface area contributed by atoms with E-state index < -0.39 is 0 Å². The molecule has 26 heavy (non-hydrogen) atoms. The van der Waals surface area contributed by atoms with E-state index in [9.17, 15) is 14.0 Å². The summed E-state index contributed by atoms with van der Waals surface area (Å²) in [5, 5.41) is 0. The number of piperidine rings is 1. The molecule has 1 aliphatic carbocycles. The molecule has 2 aliphatic heterocycles. The number of quaternary nitrogens is 1. The maximum absolute atomic E-state index is 13.1. The van der Waals surface area contributed by atoms with Gasteiger partial charge in [0.1, 0.15) is 5.82 Å². The molecular weight excluding hydrogens is 331 g/mol. The second kappa shape index (κ2) is 7.47. The van der Waals surface area contributed by atoms with Crippen LogP contribution in [-0.4, -0.2) is 30.9 Å². The molecule has 3 fully saturated rings. The Bertz CT molecular complexity index is 661. The average molecular weight is 359 g/mol. The van der Waals surface area contributed by atoms with Crippen molar-refractivity contribution in [2.24, 2.45) is 11.8 Å². The number of amides is 2. The van der Waals surface area contributed by atoms with Crippen LogP contribution in [0, 0.1) is 17.7 Å². The van der Waals surface area contributed by atoms with Gasteiger partial charge in [-0.25, -0.2) is 9.29 Å². The van der Waals surface area contributed by atoms with Crippen molar-refractivity contribution in [3.63, 3.8) is 0 Å². The number of carbonyl (C=O) groups is 2. The van der Waals surface area contributed by atoms with Crippen molar-refractivity contribution >= 4 is 17.5 Å². The fraction of sp³-hybridized carbons (Fsp3) is 0.619. The Balaban J connectivity index is 1.39. The summed E-state index contributed by atoms with van der Waals surface area (Å²) in [7, 11) is 0. The summed E-state index contributed by atoms with van der Waals surface area (Å²) in [5.74, 6) is 1.04. The molecular formula is C21H28FN2O2+. The second-order valence-electron chi connectivity index (χ2n) is 8.19. The van der Waals surface area contributed by atoms with Crippen LogP contribution >= 0.6 is 0 Å². The molecule has 0 unspecified atom stereocenters. The number of halogens is 1. The van der Waals surface area contributed by atoms with Gasteiger partial charge in [0.05, 0.1) is 25.2 Å². The van der Waals surface area contributed by atoms with Gasteiger partial charge in [-0.05, 0) is 48.9 Å². The van der Waals surface area contributed by atoms with E-state index in [1.165, 1.54) is 79.0 Å². The first-order valence-electron chi connectivity index (χ1n) is 10.1. The first-order valence-corrected chi connectivity index (χ1v) is 10.1. The van der Waals surface area contributed by atoms with Crippen molar-refractivity contribution in [1.29, 1.82) is 0 Å². The number of carbonyl (C=O) groups excluding carboxylic acids is 2. The van der Waals surface area contributed by atoms with Gasteiger partial charge in [0.15, 0.2) is 6.04 Å². The number of nitrogens with zero attached hydrogens (tertiary/aromatic N) is 1. The summed E-state index contributed by atoms with van der Waals surface area (Å²) in [6, 6.07) is 5.35. The lowest BCUT2D eigenvalue weighted by Gasteiger charge is -2.37. The van der Waals surface area contributed by atoms with Crippen LogP contribution in [-0.2, 0) is 9.59 Å². The summed E-state index contributed by atoms with van der Waals surface area (Å²) in [5.41, 5.74) is 0.486. The molecule has 0 bridgehead atoms. The maximum atomic E-state index is 13.1. The number of imide groups is 1. The van der Waals surface area contributed by atoms with Crippen LogP contribution in [0.25, 0.3) is 0 Å². The van der Waals surface area contributed by atoms with Crippen LogP contribution < -0.4 is 9.80 Å². The highest BCUT2D eigenvalue weighted by molar-refractivity contribution is 6.21. The molecule has 2 amide bonds. The van der Waals surface area contributed by atoms with Gasteiger partial charge in [-0.15, -0.1) is 0 Å². The normalized spacial score (nSPS) is 30.8. The van der Waals surface area contributed by atoms with Crippen LogP contribution in [0.1, 0.15) is 51.4 Å². The van der Waals surface area contributed by atoms with Crippen LogP contribution in [0.4, 0.5) is 10.1 Å². The number of hydrogen-bond acceptors (Lipinski definition) is 2. The van der Waals surface area contributed by atoms with Crippen LogP contribution in [0.3, 0.4) is 0 Å². The standard InChI is InChI=1S/C21H27FN2O2/c22-17-6-8-18(9-7-17)24-20(25)14-19(21(24)26)23-12-10-16(11-13-23)15-4-2-1-3-5-15/h6-9,15-16,19H,1-5,10-14H2/p+1/t19-/m0/s1. The zero-order valence-corrected chi connectivity index (χ0v) is 15.3. The number of benzene rings is 1. The summed E-state index contributed by atoms with van der Waals surface area (Å²) < 4.78 is 13.1. The Morgan fingerprint density at radius 2 is 1.50 bits per heavy atom. The fourth-order valence-electron chi connectivity index (χ4n) is 5.25. The van der Waals surface area contributed by atoms with Crippen LogP contribution in [0.2, 0.25) is 0 Å². The fourth-order valence-corrected chi connectivity index (χ4v) is 5.25. The monoisotopic (exact) mass is 359 g/mol. The summed E-state index contributed by atoms with van der Waals surface area (Å²) in [4.78, 5) is 27.8. The topological polar surface area (TPSA) is 41.8 Å². The maximum Gasteiger partial charge on any atom is 0.292 e. The highest BCUT2D eigenvalue weighted by Crippen LogP contribution is 2.34. The molecule has 3 aliphatic rings. The third-order valence-electron chi connectivity index (χ3n) is 6.71. The summed E-state index contributed by atoms with van der Waals surface area (Å²) in [6.07, 6.45) is 9.51. The quantitative estimate of drug-likeness (QED) is 0.842. The van der Waals surface area contributed by atoms with E-state index in [0.29, 0.717) is 5.69 Å². The Hall–Kier alpha value is -1.75. The van der Waals surface area contributed by atoms with Crippen molar-refractivity contribution in [3.8, 4) is 0 Å². The molecule has 1 aromatic rings. The predicted molar refractivity (Wildman–Crippen MR) is 97.3 cm³/mol. The minimum Gasteiger partial charge on any atom is -0.324 e.